The zero-order valence-corrected chi connectivity index (χ0v) is 12.5. The Morgan fingerprint density at radius 2 is 2.29 bits per heavy atom. The number of ether oxygens (including phenoxy) is 1. The van der Waals surface area contributed by atoms with Crippen molar-refractivity contribution in [1.82, 2.24) is 4.98 Å². The van der Waals surface area contributed by atoms with E-state index in [4.69, 9.17) is 9.72 Å². The van der Waals surface area contributed by atoms with Crippen LogP contribution < -0.4 is 5.32 Å². The molecule has 4 heteroatoms. The molecule has 2 aromatic rings. The smallest absolute Gasteiger partial charge is 0.159 e. The Kier molecular flexibility index (Phi) is 3.88. The van der Waals surface area contributed by atoms with Crippen LogP contribution in [-0.4, -0.2) is 23.9 Å². The summed E-state index contributed by atoms with van der Waals surface area (Å²) >= 11 is 0. The van der Waals surface area contributed by atoms with Crippen LogP contribution in [0.4, 0.5) is 5.69 Å². The number of rotatable bonds is 4. The molecule has 0 saturated heterocycles. The molecule has 1 aromatic carbocycles. The number of nitrogens with one attached hydrogen (secondary N) is 1. The minimum atomic E-state index is 0.0762. The molecule has 3 rings (SSSR count). The van der Waals surface area contributed by atoms with Crippen LogP contribution in [0, 0.1) is 0 Å². The fraction of sp³-hybridized carbons (Fsp3) is 0.412. The molecule has 0 radical (unpaired) electrons. The molecule has 4 nitrogen and oxygen atoms in total. The van der Waals surface area contributed by atoms with Crippen LogP contribution in [-0.2, 0) is 17.8 Å². The molecule has 1 aromatic heterocycles. The number of nitrogens with zero attached hydrogens (tertiary/aromatic N) is 1. The number of pyridine rings is 1. The Labute approximate surface area is 124 Å². The molecule has 0 saturated carbocycles. The minimum Gasteiger partial charge on any atom is -0.384 e. The van der Waals surface area contributed by atoms with Crippen LogP contribution in [0.25, 0.3) is 10.9 Å². The molecule has 0 spiro atoms. The number of anilines is 1. The third-order valence-corrected chi connectivity index (χ3v) is 3.86. The van der Waals surface area contributed by atoms with Crippen LogP contribution in [0.3, 0.4) is 0 Å². The van der Waals surface area contributed by atoms with Gasteiger partial charge in [0.15, 0.2) is 5.78 Å². The average molecular weight is 284 g/mol. The lowest BCUT2D eigenvalue weighted by Gasteiger charge is -2.22. The SMILES string of the molecule is CCCNc1c2c(nc3ccc(C(C)=O)cc13)CCOC2. The van der Waals surface area contributed by atoms with Gasteiger partial charge in [-0.1, -0.05) is 6.92 Å². The van der Waals surface area contributed by atoms with E-state index in [0.717, 1.165) is 59.4 Å². The number of aromatic nitrogens is 1. The summed E-state index contributed by atoms with van der Waals surface area (Å²) in [5.41, 5.74) is 5.00. The zero-order valence-electron chi connectivity index (χ0n) is 12.5. The van der Waals surface area contributed by atoms with Crippen molar-refractivity contribution in [2.24, 2.45) is 0 Å². The number of hydrogen-bond donors (Lipinski definition) is 1. The molecule has 0 atom stereocenters. The first-order valence-corrected chi connectivity index (χ1v) is 7.48. The van der Waals surface area contributed by atoms with Gasteiger partial charge in [-0.25, -0.2) is 0 Å². The standard InChI is InChI=1S/C17H20N2O2/c1-3-7-18-17-13-9-12(11(2)20)4-5-15(13)19-16-6-8-21-10-14(16)17/h4-5,9H,3,6-8,10H2,1-2H3,(H,18,19). The Morgan fingerprint density at radius 3 is 3.05 bits per heavy atom. The number of benzene rings is 1. The second-order valence-electron chi connectivity index (χ2n) is 5.43. The number of ketones is 1. The summed E-state index contributed by atoms with van der Waals surface area (Å²) in [7, 11) is 0. The van der Waals surface area contributed by atoms with Crippen LogP contribution in [0.2, 0.25) is 0 Å². The van der Waals surface area contributed by atoms with Gasteiger partial charge in [0.25, 0.3) is 0 Å². The molecular weight excluding hydrogens is 264 g/mol. The lowest BCUT2D eigenvalue weighted by Crippen LogP contribution is -2.16. The predicted molar refractivity (Wildman–Crippen MR) is 83.9 cm³/mol. The van der Waals surface area contributed by atoms with Gasteiger partial charge >= 0.3 is 0 Å². The minimum absolute atomic E-state index is 0.0762. The molecule has 0 aliphatic carbocycles. The first-order valence-electron chi connectivity index (χ1n) is 7.48. The molecule has 110 valence electrons. The van der Waals surface area contributed by atoms with E-state index < -0.39 is 0 Å². The maximum Gasteiger partial charge on any atom is 0.159 e. The van der Waals surface area contributed by atoms with Gasteiger partial charge in [-0.15, -0.1) is 0 Å². The Morgan fingerprint density at radius 1 is 1.43 bits per heavy atom. The maximum absolute atomic E-state index is 11.6. The second-order valence-corrected chi connectivity index (χ2v) is 5.43. The van der Waals surface area contributed by atoms with Crippen LogP contribution in [0.15, 0.2) is 18.2 Å². The lowest BCUT2D eigenvalue weighted by atomic mass is 10.0. The van der Waals surface area contributed by atoms with Crippen molar-refractivity contribution in [1.29, 1.82) is 0 Å². The topological polar surface area (TPSA) is 51.2 Å². The van der Waals surface area contributed by atoms with E-state index in [1.54, 1.807) is 6.92 Å². The molecule has 21 heavy (non-hydrogen) atoms. The normalized spacial score (nSPS) is 14.0. The second kappa shape index (κ2) is 5.82. The Balaban J connectivity index is 2.22. The Bertz CT molecular complexity index is 695. The van der Waals surface area contributed by atoms with E-state index in [1.165, 1.54) is 0 Å². The Hall–Kier alpha value is -1.94. The van der Waals surface area contributed by atoms with Crippen molar-refractivity contribution in [3.63, 3.8) is 0 Å². The monoisotopic (exact) mass is 284 g/mol. The van der Waals surface area contributed by atoms with Crippen LogP contribution in [0.1, 0.15) is 41.9 Å². The van der Waals surface area contributed by atoms with E-state index in [1.807, 2.05) is 18.2 Å². The predicted octanol–water partition coefficient (Wildman–Crippen LogP) is 3.33. The van der Waals surface area contributed by atoms with Crippen molar-refractivity contribution in [2.75, 3.05) is 18.5 Å². The van der Waals surface area contributed by atoms with Gasteiger partial charge in [0, 0.05) is 29.5 Å². The fourth-order valence-electron chi connectivity index (χ4n) is 2.73. The van der Waals surface area contributed by atoms with Crippen molar-refractivity contribution in [3.8, 4) is 0 Å². The number of hydrogen-bond acceptors (Lipinski definition) is 4. The van der Waals surface area contributed by atoms with E-state index >= 15 is 0 Å². The summed E-state index contributed by atoms with van der Waals surface area (Å²) in [6.45, 7) is 5.95. The summed E-state index contributed by atoms with van der Waals surface area (Å²) in [6, 6.07) is 5.74. The number of carbonyl (C=O) groups is 1. The summed E-state index contributed by atoms with van der Waals surface area (Å²) < 4.78 is 5.60. The highest BCUT2D eigenvalue weighted by Gasteiger charge is 2.19. The average Bonchev–Trinajstić information content (AvgIpc) is 2.50. The van der Waals surface area contributed by atoms with E-state index in [-0.39, 0.29) is 5.78 Å². The zero-order chi connectivity index (χ0) is 14.8. The van der Waals surface area contributed by atoms with E-state index in [2.05, 4.69) is 12.2 Å². The van der Waals surface area contributed by atoms with Gasteiger partial charge in [0.05, 0.1) is 30.1 Å². The van der Waals surface area contributed by atoms with Gasteiger partial charge in [-0.3, -0.25) is 9.78 Å². The summed E-state index contributed by atoms with van der Waals surface area (Å²) in [5.74, 6) is 0.0762. The molecule has 1 aliphatic rings. The van der Waals surface area contributed by atoms with E-state index in [9.17, 15) is 4.79 Å². The van der Waals surface area contributed by atoms with Crippen molar-refractivity contribution < 1.29 is 9.53 Å². The molecule has 0 unspecified atom stereocenters. The molecule has 0 bridgehead atoms. The highest BCUT2D eigenvalue weighted by atomic mass is 16.5. The van der Waals surface area contributed by atoms with Crippen molar-refractivity contribution in [2.45, 2.75) is 33.3 Å². The molecule has 0 amide bonds. The lowest BCUT2D eigenvalue weighted by molar-refractivity contribution is 0.101. The highest BCUT2D eigenvalue weighted by molar-refractivity contribution is 6.01. The molecule has 0 fully saturated rings. The van der Waals surface area contributed by atoms with Crippen LogP contribution >= 0.6 is 0 Å². The quantitative estimate of drug-likeness (QED) is 0.875. The molecule has 2 heterocycles. The highest BCUT2D eigenvalue weighted by Crippen LogP contribution is 2.32. The van der Waals surface area contributed by atoms with Crippen molar-refractivity contribution in [3.05, 3.63) is 35.0 Å². The fourth-order valence-corrected chi connectivity index (χ4v) is 2.73. The number of Topliss-reactive ketones (excluding diaryl/α,β-unsaturated/α-hetero) is 1. The van der Waals surface area contributed by atoms with E-state index in [0.29, 0.717) is 6.61 Å². The maximum atomic E-state index is 11.6. The van der Waals surface area contributed by atoms with Gasteiger partial charge in [0.1, 0.15) is 0 Å². The van der Waals surface area contributed by atoms with Crippen LogP contribution in [0.5, 0.6) is 0 Å². The van der Waals surface area contributed by atoms with Crippen molar-refractivity contribution >= 4 is 22.4 Å². The third kappa shape index (κ3) is 2.63. The number of fused-ring (bicyclic) bond motifs is 2. The van der Waals surface area contributed by atoms with Gasteiger partial charge < -0.3 is 10.1 Å². The first-order chi connectivity index (χ1) is 10.2. The largest absolute Gasteiger partial charge is 0.384 e. The summed E-state index contributed by atoms with van der Waals surface area (Å²) in [4.78, 5) is 16.4. The first kappa shape index (κ1) is 14.0. The van der Waals surface area contributed by atoms with Gasteiger partial charge in [-0.2, -0.15) is 0 Å². The number of carbonyl (C=O) groups excluding carboxylic acids is 1. The molecule has 1 aliphatic heterocycles. The molecule has 1 N–H and O–H groups in total. The summed E-state index contributed by atoms with van der Waals surface area (Å²) in [5, 5.41) is 4.51. The summed E-state index contributed by atoms with van der Waals surface area (Å²) in [6.07, 6.45) is 1.90. The molecular formula is C17H20N2O2. The third-order valence-electron chi connectivity index (χ3n) is 3.86. The van der Waals surface area contributed by atoms with Gasteiger partial charge in [-0.05, 0) is 31.5 Å². The van der Waals surface area contributed by atoms with Gasteiger partial charge in [0.2, 0.25) is 0 Å².